The van der Waals surface area contributed by atoms with Crippen LogP contribution in [0.2, 0.25) is 0 Å². The fourth-order valence-corrected chi connectivity index (χ4v) is 4.57. The third-order valence-electron chi connectivity index (χ3n) is 6.05. The molecule has 4 rings (SSSR count). The second kappa shape index (κ2) is 9.30. The minimum Gasteiger partial charge on any atom is -0.481 e. The summed E-state index contributed by atoms with van der Waals surface area (Å²) < 4.78 is 46.5. The molecule has 3 aromatic rings. The summed E-state index contributed by atoms with van der Waals surface area (Å²) in [7, 11) is 0. The Morgan fingerprint density at radius 3 is 2.00 bits per heavy atom. The number of rotatable bonds is 7. The molecule has 0 aliphatic heterocycles. The van der Waals surface area contributed by atoms with E-state index in [4.69, 9.17) is 15.6 Å². The number of fused-ring (bicyclic) bond motifs is 3. The van der Waals surface area contributed by atoms with Crippen molar-refractivity contribution in [2.45, 2.75) is 30.5 Å². The Morgan fingerprint density at radius 2 is 1.44 bits per heavy atom. The summed E-state index contributed by atoms with van der Waals surface area (Å²) >= 11 is 0. The van der Waals surface area contributed by atoms with Crippen LogP contribution in [0.5, 0.6) is 0 Å². The molecule has 1 aliphatic carbocycles. The number of nitrogens with two attached hydrogens (primary N) is 1. The first kappa shape index (κ1) is 23.5. The van der Waals surface area contributed by atoms with E-state index in [0.29, 0.717) is 0 Å². The normalized spacial score (nSPS) is 14.7. The van der Waals surface area contributed by atoms with Crippen molar-refractivity contribution in [3.05, 3.63) is 95.1 Å². The van der Waals surface area contributed by atoms with Crippen LogP contribution in [0, 0.1) is 0 Å². The van der Waals surface area contributed by atoms with Crippen LogP contribution >= 0.6 is 0 Å². The van der Waals surface area contributed by atoms with Crippen LogP contribution in [-0.2, 0) is 20.5 Å². The van der Waals surface area contributed by atoms with Crippen LogP contribution in [0.25, 0.3) is 11.1 Å². The zero-order chi connectivity index (χ0) is 24.5. The average molecular weight is 469 g/mol. The third-order valence-corrected chi connectivity index (χ3v) is 6.05. The molecule has 1 aliphatic rings. The Kier molecular flexibility index (Phi) is 6.43. The summed E-state index contributed by atoms with van der Waals surface area (Å²) in [6, 6.07) is 18.4. The van der Waals surface area contributed by atoms with E-state index in [9.17, 15) is 22.8 Å². The first-order chi connectivity index (χ1) is 16.2. The van der Waals surface area contributed by atoms with Gasteiger partial charge >= 0.3 is 18.1 Å². The summed E-state index contributed by atoms with van der Waals surface area (Å²) in [6.45, 7) is -0.114. The number of benzene rings is 3. The fraction of sp³-hybridized carbons (Fsp3) is 0.231. The lowest BCUT2D eigenvalue weighted by molar-refractivity contribution is -0.147. The van der Waals surface area contributed by atoms with Gasteiger partial charge in [0.25, 0.3) is 0 Å². The second-order valence-electron chi connectivity index (χ2n) is 8.18. The van der Waals surface area contributed by atoms with Crippen molar-refractivity contribution in [1.82, 2.24) is 0 Å². The summed E-state index contributed by atoms with van der Waals surface area (Å²) in [6.07, 6.45) is -5.44. The highest BCUT2D eigenvalue weighted by Crippen LogP contribution is 2.45. The minimum atomic E-state index is -4.75. The smallest absolute Gasteiger partial charge is 0.416 e. The van der Waals surface area contributed by atoms with Crippen molar-refractivity contribution in [2.24, 2.45) is 5.73 Å². The Balaban J connectivity index is 1.65. The quantitative estimate of drug-likeness (QED) is 0.478. The summed E-state index contributed by atoms with van der Waals surface area (Å²) in [4.78, 5) is 24.4. The zero-order valence-electron chi connectivity index (χ0n) is 18.0. The van der Waals surface area contributed by atoms with E-state index in [1.54, 1.807) is 0 Å². The van der Waals surface area contributed by atoms with Gasteiger partial charge in [0, 0.05) is 12.0 Å². The predicted molar refractivity (Wildman–Crippen MR) is 119 cm³/mol. The topological polar surface area (TPSA) is 89.6 Å². The summed E-state index contributed by atoms with van der Waals surface area (Å²) in [5, 5.41) is 9.16. The average Bonchev–Trinajstić information content (AvgIpc) is 3.11. The first-order valence-electron chi connectivity index (χ1n) is 10.7. The van der Waals surface area contributed by atoms with Crippen molar-refractivity contribution in [2.75, 3.05) is 6.61 Å². The van der Waals surface area contributed by atoms with E-state index in [1.807, 2.05) is 48.5 Å². The van der Waals surface area contributed by atoms with E-state index in [1.165, 1.54) is 12.1 Å². The second-order valence-corrected chi connectivity index (χ2v) is 8.18. The van der Waals surface area contributed by atoms with Crippen LogP contribution in [-0.4, -0.2) is 29.7 Å². The number of aliphatic carboxylic acids is 1. The number of halogens is 3. The number of carboxylic acids is 1. The molecule has 0 amide bonds. The van der Waals surface area contributed by atoms with Gasteiger partial charge in [0.1, 0.15) is 6.61 Å². The summed E-state index contributed by atoms with van der Waals surface area (Å²) in [5.41, 5.74) is 8.39. The molecule has 0 radical (unpaired) electrons. The molecule has 1 unspecified atom stereocenters. The van der Waals surface area contributed by atoms with Crippen LogP contribution < -0.4 is 5.73 Å². The molecule has 2 atom stereocenters. The van der Waals surface area contributed by atoms with Crippen LogP contribution in [0.4, 0.5) is 13.2 Å². The Hall–Kier alpha value is -3.65. The molecular formula is C26H22F3NO4. The van der Waals surface area contributed by atoms with E-state index in [0.717, 1.165) is 34.4 Å². The molecule has 176 valence electrons. The van der Waals surface area contributed by atoms with Crippen molar-refractivity contribution in [1.29, 1.82) is 0 Å². The number of carboxylic acid groups (broad SMARTS) is 1. The maximum atomic E-state index is 13.7. The van der Waals surface area contributed by atoms with Crippen molar-refractivity contribution >= 4 is 11.9 Å². The van der Waals surface area contributed by atoms with Gasteiger partial charge < -0.3 is 15.6 Å². The molecule has 8 heteroatoms. The molecule has 0 saturated carbocycles. The summed E-state index contributed by atoms with van der Waals surface area (Å²) in [5.74, 6) is -4.22. The van der Waals surface area contributed by atoms with Gasteiger partial charge in [0.2, 0.25) is 0 Å². The fourth-order valence-electron chi connectivity index (χ4n) is 4.57. The third kappa shape index (κ3) is 4.54. The SMILES string of the molecule is N[C@@H](CC(=O)O)C(C(=O)OCC1c2ccccc2-c2ccccc21)c1ccccc1C(F)(F)F. The van der Waals surface area contributed by atoms with Crippen molar-refractivity contribution in [3.8, 4) is 11.1 Å². The number of carbonyl (C=O) groups excluding carboxylic acids is 1. The molecular weight excluding hydrogens is 447 g/mol. The van der Waals surface area contributed by atoms with Gasteiger partial charge in [-0.2, -0.15) is 13.2 Å². The number of ether oxygens (including phenoxy) is 1. The van der Waals surface area contributed by atoms with Crippen LogP contribution in [0.15, 0.2) is 72.8 Å². The Morgan fingerprint density at radius 1 is 0.912 bits per heavy atom. The zero-order valence-corrected chi connectivity index (χ0v) is 18.0. The van der Waals surface area contributed by atoms with Gasteiger partial charge in [0.05, 0.1) is 17.9 Å². The van der Waals surface area contributed by atoms with Gasteiger partial charge in [-0.3, -0.25) is 9.59 Å². The number of carbonyl (C=O) groups is 2. The molecule has 0 aromatic heterocycles. The number of hydrogen-bond donors (Lipinski definition) is 2. The lowest BCUT2D eigenvalue weighted by atomic mass is 9.86. The predicted octanol–water partition coefficient (Wildman–Crippen LogP) is 4.95. The van der Waals surface area contributed by atoms with Gasteiger partial charge in [-0.05, 0) is 33.9 Å². The van der Waals surface area contributed by atoms with Gasteiger partial charge in [0.15, 0.2) is 0 Å². The van der Waals surface area contributed by atoms with Crippen molar-refractivity contribution in [3.63, 3.8) is 0 Å². The van der Waals surface area contributed by atoms with Crippen LogP contribution in [0.3, 0.4) is 0 Å². The molecule has 0 saturated heterocycles. The number of esters is 1. The van der Waals surface area contributed by atoms with Gasteiger partial charge in [-0.25, -0.2) is 0 Å². The van der Waals surface area contributed by atoms with Crippen LogP contribution in [0.1, 0.15) is 40.5 Å². The molecule has 0 bridgehead atoms. The van der Waals surface area contributed by atoms with E-state index in [-0.39, 0.29) is 12.5 Å². The number of alkyl halides is 3. The lowest BCUT2D eigenvalue weighted by Gasteiger charge is -2.25. The molecule has 0 fully saturated rings. The highest BCUT2D eigenvalue weighted by atomic mass is 19.4. The first-order valence-corrected chi connectivity index (χ1v) is 10.7. The molecule has 0 heterocycles. The van der Waals surface area contributed by atoms with Gasteiger partial charge in [-0.15, -0.1) is 0 Å². The maximum Gasteiger partial charge on any atom is 0.416 e. The minimum absolute atomic E-state index is 0.114. The molecule has 0 spiro atoms. The van der Waals surface area contributed by atoms with Crippen molar-refractivity contribution < 1.29 is 32.6 Å². The Bertz CT molecular complexity index is 1180. The maximum absolute atomic E-state index is 13.7. The standard InChI is InChI=1S/C26H22F3NO4/c27-26(28,29)21-12-6-5-11-19(21)24(22(30)13-23(31)32)25(33)34-14-20-17-9-3-1-7-15(17)16-8-2-4-10-18(16)20/h1-12,20,22,24H,13-14,30H2,(H,31,32)/t22-,24?/m0/s1. The lowest BCUT2D eigenvalue weighted by Crippen LogP contribution is -2.38. The van der Waals surface area contributed by atoms with E-state index < -0.39 is 47.6 Å². The van der Waals surface area contributed by atoms with Gasteiger partial charge in [-0.1, -0.05) is 66.7 Å². The van der Waals surface area contributed by atoms with E-state index in [2.05, 4.69) is 0 Å². The highest BCUT2D eigenvalue weighted by molar-refractivity contribution is 5.82. The van der Waals surface area contributed by atoms with E-state index >= 15 is 0 Å². The molecule has 3 N–H and O–H groups in total. The Labute approximate surface area is 194 Å². The number of hydrogen-bond acceptors (Lipinski definition) is 4. The monoisotopic (exact) mass is 469 g/mol. The molecule has 5 nitrogen and oxygen atoms in total. The molecule has 34 heavy (non-hydrogen) atoms. The largest absolute Gasteiger partial charge is 0.481 e. The molecule has 3 aromatic carbocycles. The highest BCUT2D eigenvalue weighted by Gasteiger charge is 2.40.